The fourth-order valence-electron chi connectivity index (χ4n) is 2.57. The molecule has 3 heterocycles. The topological polar surface area (TPSA) is 88.3 Å². The van der Waals surface area contributed by atoms with E-state index in [1.165, 1.54) is 0 Å². The highest BCUT2D eigenvalue weighted by Crippen LogP contribution is 2.37. The number of ether oxygens (including phenoxy) is 1. The van der Waals surface area contributed by atoms with Gasteiger partial charge in [0.25, 0.3) is 0 Å². The van der Waals surface area contributed by atoms with Crippen molar-refractivity contribution in [1.82, 2.24) is 15.3 Å². The highest BCUT2D eigenvalue weighted by molar-refractivity contribution is 5.68. The molecule has 0 aromatic carbocycles. The molecule has 19 heavy (non-hydrogen) atoms. The Morgan fingerprint density at radius 3 is 3.05 bits per heavy atom. The van der Waals surface area contributed by atoms with Gasteiger partial charge in [-0.25, -0.2) is 0 Å². The molecular formula is C12H20N6O. The monoisotopic (exact) mass is 264 g/mol. The van der Waals surface area contributed by atoms with Gasteiger partial charge in [-0.1, -0.05) is 0 Å². The van der Waals surface area contributed by atoms with E-state index >= 15 is 0 Å². The zero-order valence-corrected chi connectivity index (χ0v) is 11.3. The van der Waals surface area contributed by atoms with Crippen molar-refractivity contribution in [2.75, 3.05) is 42.7 Å². The van der Waals surface area contributed by atoms with E-state index in [0.29, 0.717) is 18.5 Å². The largest absolute Gasteiger partial charge is 0.484 e. The number of nitrogens with one attached hydrogen (secondary N) is 2. The average molecular weight is 264 g/mol. The maximum atomic E-state index is 5.80. The van der Waals surface area contributed by atoms with Crippen LogP contribution in [0.4, 0.5) is 17.6 Å². The summed E-state index contributed by atoms with van der Waals surface area (Å²) in [6.07, 6.45) is 1.10. The molecule has 2 aliphatic rings. The Labute approximate surface area is 112 Å². The molecule has 7 heteroatoms. The molecule has 0 amide bonds. The number of hydrogen-bond donors (Lipinski definition) is 3. The van der Waals surface area contributed by atoms with E-state index in [9.17, 15) is 0 Å². The normalized spacial score (nSPS) is 25.7. The number of aromatic nitrogens is 2. The first-order valence-electron chi connectivity index (χ1n) is 6.66. The third-order valence-electron chi connectivity index (χ3n) is 3.62. The summed E-state index contributed by atoms with van der Waals surface area (Å²) in [5.41, 5.74) is 5.80. The zero-order chi connectivity index (χ0) is 13.4. The summed E-state index contributed by atoms with van der Waals surface area (Å²) in [6, 6.07) is 0.723. The summed E-state index contributed by atoms with van der Waals surface area (Å²) in [5, 5.41) is 6.58. The molecule has 0 aliphatic carbocycles. The molecule has 1 saturated heterocycles. The molecule has 104 valence electrons. The maximum absolute atomic E-state index is 5.80. The SMILES string of the molecule is CN[C@@H]1CCN(c2nc(N)nc3c2OCC(C)N3)C1. The van der Waals surface area contributed by atoms with E-state index in [-0.39, 0.29) is 12.0 Å². The van der Waals surface area contributed by atoms with Crippen LogP contribution in [-0.2, 0) is 0 Å². The number of nitrogens with zero attached hydrogens (tertiary/aromatic N) is 3. The van der Waals surface area contributed by atoms with Crippen LogP contribution in [0.5, 0.6) is 5.75 Å². The molecule has 1 fully saturated rings. The van der Waals surface area contributed by atoms with Gasteiger partial charge in [0.2, 0.25) is 11.7 Å². The Bertz CT molecular complexity index is 480. The fourth-order valence-corrected chi connectivity index (χ4v) is 2.57. The maximum Gasteiger partial charge on any atom is 0.224 e. The molecule has 1 aromatic heterocycles. The quantitative estimate of drug-likeness (QED) is 0.695. The molecule has 4 N–H and O–H groups in total. The van der Waals surface area contributed by atoms with Crippen molar-refractivity contribution in [2.24, 2.45) is 0 Å². The minimum Gasteiger partial charge on any atom is -0.484 e. The fraction of sp³-hybridized carbons (Fsp3) is 0.667. The number of likely N-dealkylation sites (N-methyl/N-ethyl adjacent to an activating group) is 1. The standard InChI is InChI=1S/C12H20N6O/c1-7-6-19-9-10(15-7)16-12(13)17-11(9)18-4-3-8(5-18)14-2/h7-8,14H,3-6H2,1-2H3,(H3,13,15,16,17)/t7?,8-/m1/s1. The van der Waals surface area contributed by atoms with Crippen molar-refractivity contribution >= 4 is 17.6 Å². The predicted octanol–water partition coefficient (Wildman–Crippen LogP) is 0.0497. The molecule has 1 aromatic rings. The van der Waals surface area contributed by atoms with Gasteiger partial charge < -0.3 is 26.0 Å². The summed E-state index contributed by atoms with van der Waals surface area (Å²) in [4.78, 5) is 10.8. The van der Waals surface area contributed by atoms with Gasteiger partial charge in [0.05, 0.1) is 6.04 Å². The van der Waals surface area contributed by atoms with Crippen LogP contribution < -0.4 is 26.0 Å². The summed E-state index contributed by atoms with van der Waals surface area (Å²) in [7, 11) is 1.98. The van der Waals surface area contributed by atoms with Gasteiger partial charge in [-0.05, 0) is 20.4 Å². The molecule has 2 aliphatic heterocycles. The first kappa shape index (κ1) is 12.3. The van der Waals surface area contributed by atoms with E-state index < -0.39 is 0 Å². The van der Waals surface area contributed by atoms with E-state index in [1.54, 1.807) is 0 Å². The minimum absolute atomic E-state index is 0.235. The average Bonchev–Trinajstić information content (AvgIpc) is 2.85. The Balaban J connectivity index is 1.93. The Hall–Kier alpha value is -1.76. The van der Waals surface area contributed by atoms with Crippen molar-refractivity contribution < 1.29 is 4.74 Å². The lowest BCUT2D eigenvalue weighted by molar-refractivity contribution is 0.289. The van der Waals surface area contributed by atoms with Crippen LogP contribution in [0.2, 0.25) is 0 Å². The number of hydrogen-bond acceptors (Lipinski definition) is 7. The lowest BCUT2D eigenvalue weighted by Crippen LogP contribution is -2.33. The van der Waals surface area contributed by atoms with Gasteiger partial charge in [-0.3, -0.25) is 0 Å². The number of nitrogen functional groups attached to an aromatic ring is 1. The number of rotatable bonds is 2. The molecule has 0 spiro atoms. The van der Waals surface area contributed by atoms with Crippen molar-refractivity contribution in [2.45, 2.75) is 25.4 Å². The molecule has 7 nitrogen and oxygen atoms in total. The van der Waals surface area contributed by atoms with Crippen LogP contribution >= 0.6 is 0 Å². The van der Waals surface area contributed by atoms with Crippen molar-refractivity contribution in [3.8, 4) is 5.75 Å². The van der Waals surface area contributed by atoms with Crippen LogP contribution in [0.3, 0.4) is 0 Å². The predicted molar refractivity (Wildman–Crippen MR) is 74.7 cm³/mol. The van der Waals surface area contributed by atoms with Gasteiger partial charge in [-0.15, -0.1) is 0 Å². The second-order valence-electron chi connectivity index (χ2n) is 5.16. The Morgan fingerprint density at radius 2 is 2.32 bits per heavy atom. The van der Waals surface area contributed by atoms with Gasteiger partial charge in [0.1, 0.15) is 6.61 Å². The third-order valence-corrected chi connectivity index (χ3v) is 3.62. The highest BCUT2D eigenvalue weighted by Gasteiger charge is 2.29. The van der Waals surface area contributed by atoms with Gasteiger partial charge in [-0.2, -0.15) is 9.97 Å². The van der Waals surface area contributed by atoms with Crippen LogP contribution in [0.1, 0.15) is 13.3 Å². The van der Waals surface area contributed by atoms with Gasteiger partial charge >= 0.3 is 0 Å². The first-order chi connectivity index (χ1) is 9.17. The molecule has 1 unspecified atom stereocenters. The van der Waals surface area contributed by atoms with Gasteiger partial charge in [0, 0.05) is 19.1 Å². The van der Waals surface area contributed by atoms with Gasteiger partial charge in [0.15, 0.2) is 11.6 Å². The second kappa shape index (κ2) is 4.73. The molecule has 0 radical (unpaired) electrons. The van der Waals surface area contributed by atoms with Crippen LogP contribution in [0.15, 0.2) is 0 Å². The van der Waals surface area contributed by atoms with E-state index in [0.717, 1.165) is 31.1 Å². The van der Waals surface area contributed by atoms with Crippen LogP contribution in [0.25, 0.3) is 0 Å². The summed E-state index contributed by atoms with van der Waals surface area (Å²) in [5.74, 6) is 2.52. The molecule has 2 atom stereocenters. The minimum atomic E-state index is 0.235. The highest BCUT2D eigenvalue weighted by atomic mass is 16.5. The Morgan fingerprint density at radius 1 is 1.47 bits per heavy atom. The Kier molecular flexibility index (Phi) is 3.06. The van der Waals surface area contributed by atoms with Crippen molar-refractivity contribution in [1.29, 1.82) is 0 Å². The summed E-state index contributed by atoms with van der Waals surface area (Å²) >= 11 is 0. The smallest absolute Gasteiger partial charge is 0.224 e. The van der Waals surface area contributed by atoms with E-state index in [4.69, 9.17) is 10.5 Å². The second-order valence-corrected chi connectivity index (χ2v) is 5.16. The number of anilines is 3. The third kappa shape index (κ3) is 2.25. The van der Waals surface area contributed by atoms with E-state index in [1.807, 2.05) is 14.0 Å². The molecule has 0 saturated carbocycles. The lowest BCUT2D eigenvalue weighted by Gasteiger charge is -2.28. The number of nitrogens with two attached hydrogens (primary N) is 1. The van der Waals surface area contributed by atoms with Crippen LogP contribution in [-0.4, -0.2) is 48.8 Å². The zero-order valence-electron chi connectivity index (χ0n) is 11.3. The van der Waals surface area contributed by atoms with E-state index in [2.05, 4.69) is 25.5 Å². The molecule has 3 rings (SSSR count). The summed E-state index contributed by atoms with van der Waals surface area (Å²) < 4.78 is 5.80. The lowest BCUT2D eigenvalue weighted by atomic mass is 10.3. The number of fused-ring (bicyclic) bond motifs is 1. The first-order valence-corrected chi connectivity index (χ1v) is 6.66. The van der Waals surface area contributed by atoms with Crippen molar-refractivity contribution in [3.05, 3.63) is 0 Å². The summed E-state index contributed by atoms with van der Waals surface area (Å²) in [6.45, 7) is 4.54. The van der Waals surface area contributed by atoms with Crippen LogP contribution in [0, 0.1) is 0 Å². The molecule has 0 bridgehead atoms. The molecular weight excluding hydrogens is 244 g/mol. The van der Waals surface area contributed by atoms with Crippen molar-refractivity contribution in [3.63, 3.8) is 0 Å².